The molecule has 0 saturated carbocycles. The Morgan fingerprint density at radius 3 is 2.54 bits per heavy atom. The molecule has 7 nitrogen and oxygen atoms in total. The summed E-state index contributed by atoms with van der Waals surface area (Å²) in [7, 11) is 0. The van der Waals surface area contributed by atoms with E-state index in [1.54, 1.807) is 35.7 Å². The number of rotatable bonds is 7. The molecule has 2 rings (SSSR count). The molecule has 0 aliphatic rings. The first-order valence-corrected chi connectivity index (χ1v) is 8.50. The second-order valence-corrected chi connectivity index (χ2v) is 6.18. The van der Waals surface area contributed by atoms with Gasteiger partial charge in [-0.1, -0.05) is 0 Å². The van der Waals surface area contributed by atoms with Gasteiger partial charge >= 0.3 is 5.97 Å². The number of Topliss-reactive ketones (excluding diaryl/α,β-unsaturated/α-hetero) is 1. The maximum atomic E-state index is 12.0. The molecule has 1 amide bonds. The summed E-state index contributed by atoms with van der Waals surface area (Å²) in [4.78, 5) is 35.0. The number of thiophene rings is 1. The lowest BCUT2D eigenvalue weighted by Crippen LogP contribution is -2.31. The first-order chi connectivity index (χ1) is 12.4. The molecule has 1 N–H and O–H groups in total. The minimum Gasteiger partial charge on any atom is -0.482 e. The Morgan fingerprint density at radius 1 is 1.23 bits per heavy atom. The average Bonchev–Trinajstić information content (AvgIpc) is 3.07. The van der Waals surface area contributed by atoms with Crippen LogP contribution in [0.2, 0.25) is 0 Å². The number of esters is 1. The van der Waals surface area contributed by atoms with Gasteiger partial charge in [0.2, 0.25) is 0 Å². The zero-order chi connectivity index (χ0) is 19.1. The van der Waals surface area contributed by atoms with Crippen LogP contribution in [-0.4, -0.2) is 30.4 Å². The van der Waals surface area contributed by atoms with Crippen molar-refractivity contribution in [3.63, 3.8) is 0 Å². The number of nitrogens with one attached hydrogen (secondary N) is 1. The highest BCUT2D eigenvalue weighted by molar-refractivity contribution is 7.14. The Hall–Kier alpha value is -3.18. The molecule has 26 heavy (non-hydrogen) atoms. The SMILES string of the molecule is CC(=O)c1ccc(OCC(=O)O[C@@H](C)C(=O)Nc2sccc2C#N)cc1. The Bertz CT molecular complexity index is 851. The lowest BCUT2D eigenvalue weighted by molar-refractivity contribution is -0.155. The molecule has 1 aromatic heterocycles. The summed E-state index contributed by atoms with van der Waals surface area (Å²) in [6.45, 7) is 2.50. The second-order valence-electron chi connectivity index (χ2n) is 5.27. The summed E-state index contributed by atoms with van der Waals surface area (Å²) >= 11 is 1.21. The van der Waals surface area contributed by atoms with E-state index in [9.17, 15) is 14.4 Å². The second kappa shape index (κ2) is 8.78. The molecule has 0 saturated heterocycles. The average molecular weight is 372 g/mol. The Balaban J connectivity index is 1.82. The third kappa shape index (κ3) is 5.16. The minimum atomic E-state index is -1.04. The third-order valence-electron chi connectivity index (χ3n) is 3.32. The number of ether oxygens (including phenoxy) is 2. The van der Waals surface area contributed by atoms with Gasteiger partial charge in [0.15, 0.2) is 18.5 Å². The van der Waals surface area contributed by atoms with Crippen molar-refractivity contribution in [2.24, 2.45) is 0 Å². The van der Waals surface area contributed by atoms with Gasteiger partial charge in [-0.3, -0.25) is 9.59 Å². The first kappa shape index (κ1) is 19.1. The van der Waals surface area contributed by atoms with E-state index in [1.807, 2.05) is 6.07 Å². The van der Waals surface area contributed by atoms with E-state index < -0.39 is 18.0 Å². The molecule has 0 bridgehead atoms. The van der Waals surface area contributed by atoms with Crippen LogP contribution < -0.4 is 10.1 Å². The number of nitrogens with zero attached hydrogens (tertiary/aromatic N) is 1. The van der Waals surface area contributed by atoms with Crippen molar-refractivity contribution in [1.82, 2.24) is 0 Å². The molecule has 134 valence electrons. The van der Waals surface area contributed by atoms with Crippen LogP contribution in [0.25, 0.3) is 0 Å². The maximum absolute atomic E-state index is 12.0. The van der Waals surface area contributed by atoms with Crippen molar-refractivity contribution in [3.8, 4) is 11.8 Å². The van der Waals surface area contributed by atoms with Gasteiger partial charge in [0.25, 0.3) is 5.91 Å². The highest BCUT2D eigenvalue weighted by atomic mass is 32.1. The van der Waals surface area contributed by atoms with E-state index in [0.29, 0.717) is 21.9 Å². The normalized spacial score (nSPS) is 11.1. The van der Waals surface area contributed by atoms with Crippen LogP contribution >= 0.6 is 11.3 Å². The molecule has 1 aromatic carbocycles. The Kier molecular flexibility index (Phi) is 6.47. The standard InChI is InChI=1S/C18H16N2O5S/c1-11(21)13-3-5-15(6-4-13)24-10-16(22)25-12(2)17(23)20-18-14(9-19)7-8-26-18/h3-8,12H,10H2,1-2H3,(H,20,23)/t12-/m0/s1. The van der Waals surface area contributed by atoms with Crippen molar-refractivity contribution in [3.05, 3.63) is 46.8 Å². The van der Waals surface area contributed by atoms with Crippen LogP contribution in [0.5, 0.6) is 5.75 Å². The maximum Gasteiger partial charge on any atom is 0.344 e. The minimum absolute atomic E-state index is 0.0684. The number of anilines is 1. The zero-order valence-electron chi connectivity index (χ0n) is 14.1. The molecule has 0 spiro atoms. The van der Waals surface area contributed by atoms with E-state index >= 15 is 0 Å². The number of hydrogen-bond donors (Lipinski definition) is 1. The monoisotopic (exact) mass is 372 g/mol. The third-order valence-corrected chi connectivity index (χ3v) is 4.15. The largest absolute Gasteiger partial charge is 0.482 e. The van der Waals surface area contributed by atoms with E-state index in [1.165, 1.54) is 25.2 Å². The van der Waals surface area contributed by atoms with Gasteiger partial charge in [0.1, 0.15) is 16.8 Å². The number of carbonyl (C=O) groups excluding carboxylic acids is 3. The summed E-state index contributed by atoms with van der Waals surface area (Å²) in [6.07, 6.45) is -1.04. The number of ketones is 1. The molecule has 0 fully saturated rings. The molecular formula is C18H16N2O5S. The van der Waals surface area contributed by atoms with Crippen LogP contribution in [0.4, 0.5) is 5.00 Å². The fourth-order valence-corrected chi connectivity index (χ4v) is 2.66. The molecule has 0 radical (unpaired) electrons. The molecule has 0 aliphatic carbocycles. The van der Waals surface area contributed by atoms with Crippen LogP contribution in [-0.2, 0) is 14.3 Å². The molecule has 1 atom stereocenters. The fourth-order valence-electron chi connectivity index (χ4n) is 1.92. The highest BCUT2D eigenvalue weighted by Crippen LogP contribution is 2.22. The summed E-state index contributed by atoms with van der Waals surface area (Å²) in [6, 6.07) is 9.86. The Morgan fingerprint density at radius 2 is 1.92 bits per heavy atom. The molecular weight excluding hydrogens is 356 g/mol. The van der Waals surface area contributed by atoms with Gasteiger partial charge < -0.3 is 14.8 Å². The van der Waals surface area contributed by atoms with Crippen LogP contribution in [0, 0.1) is 11.3 Å². The van der Waals surface area contributed by atoms with Crippen LogP contribution in [0.15, 0.2) is 35.7 Å². The molecule has 0 unspecified atom stereocenters. The number of carbonyl (C=O) groups is 3. The van der Waals surface area contributed by atoms with Crippen LogP contribution in [0.1, 0.15) is 29.8 Å². The summed E-state index contributed by atoms with van der Waals surface area (Å²) in [5.74, 6) is -0.916. The number of hydrogen-bond acceptors (Lipinski definition) is 7. The van der Waals surface area contributed by atoms with E-state index in [2.05, 4.69) is 5.32 Å². The Labute approximate surface area is 154 Å². The highest BCUT2D eigenvalue weighted by Gasteiger charge is 2.19. The van der Waals surface area contributed by atoms with Gasteiger partial charge in [-0.05, 0) is 49.6 Å². The topological polar surface area (TPSA) is 105 Å². The van der Waals surface area contributed by atoms with Crippen molar-refractivity contribution in [1.29, 1.82) is 5.26 Å². The zero-order valence-corrected chi connectivity index (χ0v) is 15.0. The summed E-state index contributed by atoms with van der Waals surface area (Å²) < 4.78 is 10.3. The van der Waals surface area contributed by atoms with Gasteiger partial charge in [-0.2, -0.15) is 5.26 Å². The fraction of sp³-hybridized carbons (Fsp3) is 0.222. The number of amides is 1. The van der Waals surface area contributed by atoms with Crippen molar-refractivity contribution < 1.29 is 23.9 Å². The lowest BCUT2D eigenvalue weighted by Gasteiger charge is -2.13. The van der Waals surface area contributed by atoms with E-state index in [4.69, 9.17) is 14.7 Å². The smallest absolute Gasteiger partial charge is 0.344 e. The molecule has 8 heteroatoms. The molecule has 1 heterocycles. The van der Waals surface area contributed by atoms with Gasteiger partial charge in [0.05, 0.1) is 5.56 Å². The van der Waals surface area contributed by atoms with E-state index in [-0.39, 0.29) is 12.4 Å². The quantitative estimate of drug-likeness (QED) is 0.592. The van der Waals surface area contributed by atoms with E-state index in [0.717, 1.165) is 0 Å². The van der Waals surface area contributed by atoms with Crippen molar-refractivity contribution in [2.75, 3.05) is 11.9 Å². The summed E-state index contributed by atoms with van der Waals surface area (Å²) in [5, 5.41) is 13.5. The van der Waals surface area contributed by atoms with Crippen molar-refractivity contribution >= 4 is 34.0 Å². The van der Waals surface area contributed by atoms with Gasteiger partial charge in [0, 0.05) is 5.56 Å². The first-order valence-electron chi connectivity index (χ1n) is 7.62. The van der Waals surface area contributed by atoms with Gasteiger partial charge in [-0.15, -0.1) is 11.3 Å². The molecule has 0 aliphatic heterocycles. The van der Waals surface area contributed by atoms with Gasteiger partial charge in [-0.25, -0.2) is 4.79 Å². The molecule has 2 aromatic rings. The predicted molar refractivity (Wildman–Crippen MR) is 95.2 cm³/mol. The predicted octanol–water partition coefficient (Wildman–Crippen LogP) is 2.77. The lowest BCUT2D eigenvalue weighted by atomic mass is 10.1. The number of nitriles is 1. The summed E-state index contributed by atoms with van der Waals surface area (Å²) in [5.41, 5.74) is 0.884. The number of benzene rings is 1. The van der Waals surface area contributed by atoms with Crippen LogP contribution in [0.3, 0.4) is 0 Å². The van der Waals surface area contributed by atoms with Crippen molar-refractivity contribution in [2.45, 2.75) is 20.0 Å².